The van der Waals surface area contributed by atoms with Crippen LogP contribution in [0.1, 0.15) is 41.6 Å². The lowest BCUT2D eigenvalue weighted by molar-refractivity contribution is 0.240. The van der Waals surface area contributed by atoms with Gasteiger partial charge in [0, 0.05) is 12.6 Å². The van der Waals surface area contributed by atoms with Gasteiger partial charge in [0.1, 0.15) is 5.75 Å². The monoisotopic (exact) mass is 445 g/mol. The lowest BCUT2D eigenvalue weighted by atomic mass is 9.95. The van der Waals surface area contributed by atoms with Gasteiger partial charge >= 0.3 is 0 Å². The van der Waals surface area contributed by atoms with Crippen LogP contribution in [0.3, 0.4) is 0 Å². The average Bonchev–Trinajstić information content (AvgIpc) is 2.87. The predicted molar refractivity (Wildman–Crippen MR) is 137 cm³/mol. The quantitative estimate of drug-likeness (QED) is 0.315. The average molecular weight is 446 g/mol. The van der Waals surface area contributed by atoms with Crippen molar-refractivity contribution in [2.75, 3.05) is 34.9 Å². The first kappa shape index (κ1) is 24.4. The summed E-state index contributed by atoms with van der Waals surface area (Å²) in [5, 5.41) is 0. The van der Waals surface area contributed by atoms with E-state index in [4.69, 9.17) is 14.2 Å². The lowest BCUT2D eigenvalue weighted by Crippen LogP contribution is -2.27. The Morgan fingerprint density at radius 3 is 2.24 bits per heavy atom. The van der Waals surface area contributed by atoms with Crippen molar-refractivity contribution in [1.29, 1.82) is 0 Å². The highest BCUT2D eigenvalue weighted by Crippen LogP contribution is 2.32. The Labute approximate surface area is 198 Å². The van der Waals surface area contributed by atoms with Gasteiger partial charge in [0.2, 0.25) is 0 Å². The van der Waals surface area contributed by atoms with E-state index in [-0.39, 0.29) is 6.04 Å². The highest BCUT2D eigenvalue weighted by Gasteiger charge is 2.19. The van der Waals surface area contributed by atoms with Gasteiger partial charge in [-0.2, -0.15) is 0 Å². The second-order valence-electron chi connectivity index (χ2n) is 8.08. The molecule has 3 aromatic rings. The van der Waals surface area contributed by atoms with Crippen molar-refractivity contribution in [2.24, 2.45) is 0 Å². The number of nitrogens with zero attached hydrogens (tertiary/aromatic N) is 1. The maximum Gasteiger partial charge on any atom is 0.160 e. The van der Waals surface area contributed by atoms with Crippen LogP contribution in [0, 0.1) is 0 Å². The summed E-state index contributed by atoms with van der Waals surface area (Å²) in [6.07, 6.45) is 6.30. The van der Waals surface area contributed by atoms with Gasteiger partial charge in [-0.3, -0.25) is 4.90 Å². The van der Waals surface area contributed by atoms with Gasteiger partial charge < -0.3 is 14.2 Å². The van der Waals surface area contributed by atoms with Gasteiger partial charge in [-0.1, -0.05) is 61.5 Å². The highest BCUT2D eigenvalue weighted by atomic mass is 16.5. The van der Waals surface area contributed by atoms with Gasteiger partial charge in [-0.05, 0) is 66.4 Å². The number of benzene rings is 3. The molecule has 0 spiro atoms. The van der Waals surface area contributed by atoms with E-state index in [2.05, 4.69) is 79.6 Å². The fourth-order valence-corrected chi connectivity index (χ4v) is 4.14. The molecule has 3 aromatic carbocycles. The van der Waals surface area contributed by atoms with Crippen LogP contribution in [0.5, 0.6) is 17.2 Å². The van der Waals surface area contributed by atoms with Crippen LogP contribution in [0.4, 0.5) is 0 Å². The molecule has 0 aliphatic rings. The van der Waals surface area contributed by atoms with E-state index in [0.29, 0.717) is 0 Å². The second-order valence-corrected chi connectivity index (χ2v) is 8.08. The summed E-state index contributed by atoms with van der Waals surface area (Å²) in [7, 11) is 7.25. The molecule has 3 rings (SSSR count). The van der Waals surface area contributed by atoms with Crippen LogP contribution in [-0.2, 0) is 6.42 Å². The van der Waals surface area contributed by atoms with Crippen molar-refractivity contribution in [3.8, 4) is 17.2 Å². The standard InChI is InChI=1S/C29H35NO3/c1-6-27(30(2)19-18-23-13-17-28(32-4)29(20-23)33-5)26-21-25(31-3)16-15-24(26)14-12-22-10-8-7-9-11-22/h7-17,20-21,27H,6,18-19H2,1-5H3/b14-12+. The third kappa shape index (κ3) is 6.39. The lowest BCUT2D eigenvalue weighted by Gasteiger charge is -2.29. The third-order valence-corrected chi connectivity index (χ3v) is 6.03. The Morgan fingerprint density at radius 1 is 0.818 bits per heavy atom. The zero-order valence-electron chi connectivity index (χ0n) is 20.4. The van der Waals surface area contributed by atoms with E-state index in [9.17, 15) is 0 Å². The van der Waals surface area contributed by atoms with Crippen LogP contribution < -0.4 is 14.2 Å². The zero-order chi connectivity index (χ0) is 23.6. The SMILES string of the molecule is CCC(c1cc(OC)ccc1/C=C/c1ccccc1)N(C)CCc1ccc(OC)c(OC)c1. The molecule has 1 unspecified atom stereocenters. The summed E-state index contributed by atoms with van der Waals surface area (Å²) in [6, 6.07) is 23.2. The molecule has 0 saturated heterocycles. The molecule has 0 saturated carbocycles. The van der Waals surface area contributed by atoms with Crippen molar-refractivity contribution in [1.82, 2.24) is 4.90 Å². The first-order chi connectivity index (χ1) is 16.1. The van der Waals surface area contributed by atoms with Crippen LogP contribution >= 0.6 is 0 Å². The first-order valence-corrected chi connectivity index (χ1v) is 11.4. The van der Waals surface area contributed by atoms with Crippen molar-refractivity contribution < 1.29 is 14.2 Å². The molecular weight excluding hydrogens is 410 g/mol. The highest BCUT2D eigenvalue weighted by molar-refractivity contribution is 5.72. The number of ether oxygens (including phenoxy) is 3. The largest absolute Gasteiger partial charge is 0.497 e. The Hall–Kier alpha value is -3.24. The van der Waals surface area contributed by atoms with E-state index in [1.54, 1.807) is 21.3 Å². The van der Waals surface area contributed by atoms with Crippen LogP contribution in [0.25, 0.3) is 12.2 Å². The summed E-state index contributed by atoms with van der Waals surface area (Å²) in [4.78, 5) is 2.42. The predicted octanol–water partition coefficient (Wildman–Crippen LogP) is 6.51. The maximum absolute atomic E-state index is 5.56. The second kappa shape index (κ2) is 12.1. The molecule has 0 N–H and O–H groups in total. The van der Waals surface area contributed by atoms with E-state index in [1.807, 2.05) is 18.2 Å². The zero-order valence-corrected chi connectivity index (χ0v) is 20.4. The summed E-state index contributed by atoms with van der Waals surface area (Å²) in [5.41, 5.74) is 4.90. The minimum absolute atomic E-state index is 0.274. The molecule has 0 heterocycles. The summed E-state index contributed by atoms with van der Waals surface area (Å²) in [6.45, 7) is 3.16. The van der Waals surface area contributed by atoms with E-state index in [0.717, 1.165) is 36.6 Å². The van der Waals surface area contributed by atoms with Crippen molar-refractivity contribution in [3.63, 3.8) is 0 Å². The molecule has 0 aliphatic carbocycles. The minimum atomic E-state index is 0.274. The molecule has 4 heteroatoms. The summed E-state index contributed by atoms with van der Waals surface area (Å²) < 4.78 is 16.4. The summed E-state index contributed by atoms with van der Waals surface area (Å²) >= 11 is 0. The number of methoxy groups -OCH3 is 3. The van der Waals surface area contributed by atoms with Gasteiger partial charge in [0.05, 0.1) is 21.3 Å². The van der Waals surface area contributed by atoms with Gasteiger partial charge in [0.15, 0.2) is 11.5 Å². The van der Waals surface area contributed by atoms with Crippen molar-refractivity contribution in [3.05, 3.63) is 89.0 Å². The number of hydrogen-bond donors (Lipinski definition) is 0. The van der Waals surface area contributed by atoms with Gasteiger partial charge in [0.25, 0.3) is 0 Å². The van der Waals surface area contributed by atoms with Crippen molar-refractivity contribution >= 4 is 12.2 Å². The molecule has 0 aromatic heterocycles. The molecule has 0 bridgehead atoms. The fourth-order valence-electron chi connectivity index (χ4n) is 4.14. The number of likely N-dealkylation sites (N-methyl/N-ethyl adjacent to an activating group) is 1. The molecule has 174 valence electrons. The topological polar surface area (TPSA) is 30.9 Å². The number of hydrogen-bond acceptors (Lipinski definition) is 4. The molecule has 0 radical (unpaired) electrons. The minimum Gasteiger partial charge on any atom is -0.497 e. The van der Waals surface area contributed by atoms with E-state index in [1.165, 1.54) is 22.3 Å². The first-order valence-electron chi connectivity index (χ1n) is 11.4. The van der Waals surface area contributed by atoms with Crippen LogP contribution in [-0.4, -0.2) is 39.8 Å². The molecular formula is C29H35NO3. The Balaban J connectivity index is 1.81. The third-order valence-electron chi connectivity index (χ3n) is 6.03. The van der Waals surface area contributed by atoms with Crippen LogP contribution in [0.2, 0.25) is 0 Å². The van der Waals surface area contributed by atoms with Crippen LogP contribution in [0.15, 0.2) is 66.7 Å². The molecule has 33 heavy (non-hydrogen) atoms. The molecule has 1 atom stereocenters. The van der Waals surface area contributed by atoms with Gasteiger partial charge in [-0.15, -0.1) is 0 Å². The van der Waals surface area contributed by atoms with E-state index >= 15 is 0 Å². The fraction of sp³-hybridized carbons (Fsp3) is 0.310. The molecule has 4 nitrogen and oxygen atoms in total. The van der Waals surface area contributed by atoms with Crippen molar-refractivity contribution in [2.45, 2.75) is 25.8 Å². The maximum atomic E-state index is 5.56. The van der Waals surface area contributed by atoms with Gasteiger partial charge in [-0.25, -0.2) is 0 Å². The normalized spacial score (nSPS) is 12.2. The van der Waals surface area contributed by atoms with E-state index < -0.39 is 0 Å². The molecule has 0 amide bonds. The Kier molecular flexibility index (Phi) is 8.96. The summed E-state index contributed by atoms with van der Waals surface area (Å²) in [5.74, 6) is 2.41. The molecule has 0 fully saturated rings. The smallest absolute Gasteiger partial charge is 0.160 e. The Morgan fingerprint density at radius 2 is 1.58 bits per heavy atom. The Bertz CT molecular complexity index is 1050. The molecule has 0 aliphatic heterocycles. The number of rotatable bonds is 11.